The van der Waals surface area contributed by atoms with Crippen LogP contribution in [0.3, 0.4) is 0 Å². The smallest absolute Gasteiger partial charge is 0.228 e. The van der Waals surface area contributed by atoms with E-state index in [1.165, 1.54) is 0 Å². The average Bonchev–Trinajstić information content (AvgIpc) is 2.25. The van der Waals surface area contributed by atoms with Gasteiger partial charge in [0.15, 0.2) is 0 Å². The van der Waals surface area contributed by atoms with Crippen LogP contribution in [0.2, 0.25) is 0 Å². The highest BCUT2D eigenvalue weighted by atomic mass is 79.9. The topological polar surface area (TPSA) is 40.6 Å². The summed E-state index contributed by atoms with van der Waals surface area (Å²) in [6.07, 6.45) is 1.69. The summed E-state index contributed by atoms with van der Waals surface area (Å²) in [5.74, 6) is 0.591. The first kappa shape index (κ1) is 12.4. The largest absolute Gasteiger partial charge is 0.474 e. The summed E-state index contributed by atoms with van der Waals surface area (Å²) in [6.45, 7) is 2.21. The van der Waals surface area contributed by atoms with Crippen molar-refractivity contribution in [2.45, 2.75) is 0 Å². The van der Waals surface area contributed by atoms with Crippen LogP contribution in [0.4, 0.5) is 0 Å². The average molecular weight is 276 g/mol. The second kappa shape index (κ2) is 7.62. The van der Waals surface area contributed by atoms with Crippen LogP contribution in [0.15, 0.2) is 22.8 Å². The molecule has 0 amide bonds. The van der Waals surface area contributed by atoms with Gasteiger partial charge in [-0.3, -0.25) is 0 Å². The molecule has 1 aromatic heterocycles. The molecule has 4 nitrogen and oxygen atoms in total. The van der Waals surface area contributed by atoms with Crippen molar-refractivity contribution in [2.24, 2.45) is 0 Å². The van der Waals surface area contributed by atoms with Gasteiger partial charge >= 0.3 is 0 Å². The Hall–Kier alpha value is -0.650. The van der Waals surface area contributed by atoms with Gasteiger partial charge in [-0.2, -0.15) is 0 Å². The van der Waals surface area contributed by atoms with Crippen molar-refractivity contribution in [1.82, 2.24) is 4.98 Å². The first-order chi connectivity index (χ1) is 7.34. The van der Waals surface area contributed by atoms with E-state index < -0.39 is 0 Å². The number of hydrogen-bond acceptors (Lipinski definition) is 4. The summed E-state index contributed by atoms with van der Waals surface area (Å²) in [5.41, 5.74) is 0. The molecule has 84 valence electrons. The quantitative estimate of drug-likeness (QED) is 0.713. The Morgan fingerprint density at radius 2 is 2.07 bits per heavy atom. The van der Waals surface area contributed by atoms with Crippen LogP contribution in [-0.4, -0.2) is 38.5 Å². The van der Waals surface area contributed by atoms with Gasteiger partial charge < -0.3 is 14.2 Å². The Kier molecular flexibility index (Phi) is 6.31. The lowest BCUT2D eigenvalue weighted by Gasteiger charge is -2.06. The third-order valence-corrected chi connectivity index (χ3v) is 2.23. The predicted molar refractivity (Wildman–Crippen MR) is 60.1 cm³/mol. The summed E-state index contributed by atoms with van der Waals surface area (Å²) >= 11 is 3.34. The Labute approximate surface area is 97.7 Å². The SMILES string of the molecule is COCCOCCOc1ncccc1Br. The number of ether oxygens (including phenoxy) is 3. The zero-order valence-corrected chi connectivity index (χ0v) is 10.2. The van der Waals surface area contributed by atoms with E-state index in [0.29, 0.717) is 32.3 Å². The molecule has 0 radical (unpaired) electrons. The maximum Gasteiger partial charge on any atom is 0.228 e. The normalized spacial score (nSPS) is 10.3. The molecule has 0 saturated carbocycles. The van der Waals surface area contributed by atoms with Gasteiger partial charge in [0.05, 0.1) is 24.3 Å². The van der Waals surface area contributed by atoms with Gasteiger partial charge in [0.1, 0.15) is 6.61 Å². The zero-order chi connectivity index (χ0) is 10.9. The van der Waals surface area contributed by atoms with E-state index in [-0.39, 0.29) is 0 Å². The van der Waals surface area contributed by atoms with Crippen molar-refractivity contribution in [3.8, 4) is 5.88 Å². The molecule has 0 atom stereocenters. The minimum absolute atomic E-state index is 0.485. The van der Waals surface area contributed by atoms with Crippen LogP contribution in [0, 0.1) is 0 Å². The Morgan fingerprint density at radius 1 is 1.27 bits per heavy atom. The molecule has 0 aliphatic rings. The van der Waals surface area contributed by atoms with E-state index in [0.717, 1.165) is 4.47 Å². The Bertz CT molecular complexity index is 283. The van der Waals surface area contributed by atoms with Gasteiger partial charge in [-0.15, -0.1) is 0 Å². The highest BCUT2D eigenvalue weighted by Crippen LogP contribution is 2.20. The number of rotatable bonds is 7. The maximum absolute atomic E-state index is 5.39. The van der Waals surface area contributed by atoms with E-state index >= 15 is 0 Å². The van der Waals surface area contributed by atoms with Gasteiger partial charge in [-0.05, 0) is 28.1 Å². The molecule has 0 bridgehead atoms. The molecule has 0 spiro atoms. The summed E-state index contributed by atoms with van der Waals surface area (Å²) < 4.78 is 16.3. The van der Waals surface area contributed by atoms with Crippen LogP contribution in [0.5, 0.6) is 5.88 Å². The summed E-state index contributed by atoms with van der Waals surface area (Å²) in [7, 11) is 1.64. The first-order valence-electron chi connectivity index (χ1n) is 4.64. The Balaban J connectivity index is 2.12. The van der Waals surface area contributed by atoms with Crippen LogP contribution in [-0.2, 0) is 9.47 Å². The fraction of sp³-hybridized carbons (Fsp3) is 0.500. The van der Waals surface area contributed by atoms with Gasteiger partial charge in [0, 0.05) is 13.3 Å². The Morgan fingerprint density at radius 3 is 2.80 bits per heavy atom. The summed E-state index contributed by atoms with van der Waals surface area (Å²) in [6, 6.07) is 3.72. The van der Waals surface area contributed by atoms with Gasteiger partial charge in [-0.1, -0.05) is 0 Å². The van der Waals surface area contributed by atoms with Crippen LogP contribution in [0.25, 0.3) is 0 Å². The fourth-order valence-corrected chi connectivity index (χ4v) is 1.29. The van der Waals surface area contributed by atoms with Gasteiger partial charge in [-0.25, -0.2) is 4.98 Å². The number of pyridine rings is 1. The molecule has 15 heavy (non-hydrogen) atoms. The maximum atomic E-state index is 5.39. The van der Waals surface area contributed by atoms with Crippen LogP contribution in [0.1, 0.15) is 0 Å². The molecule has 5 heteroatoms. The molecule has 0 fully saturated rings. The standard InChI is InChI=1S/C10H14BrNO3/c1-13-5-6-14-7-8-15-10-9(11)3-2-4-12-10/h2-4H,5-8H2,1H3. The molecule has 0 aliphatic carbocycles. The second-order valence-corrected chi connectivity index (χ2v) is 3.60. The van der Waals surface area contributed by atoms with Crippen molar-refractivity contribution in [2.75, 3.05) is 33.5 Å². The van der Waals surface area contributed by atoms with E-state index in [9.17, 15) is 0 Å². The van der Waals surface area contributed by atoms with E-state index in [1.807, 2.05) is 12.1 Å². The van der Waals surface area contributed by atoms with Crippen molar-refractivity contribution < 1.29 is 14.2 Å². The number of hydrogen-bond donors (Lipinski definition) is 0. The lowest BCUT2D eigenvalue weighted by molar-refractivity contribution is 0.0535. The fourth-order valence-electron chi connectivity index (χ4n) is 0.919. The number of nitrogens with zero attached hydrogens (tertiary/aromatic N) is 1. The van der Waals surface area contributed by atoms with E-state index in [4.69, 9.17) is 14.2 Å². The third-order valence-electron chi connectivity index (χ3n) is 1.62. The molecule has 1 rings (SSSR count). The minimum Gasteiger partial charge on any atom is -0.474 e. The molecule has 1 heterocycles. The number of halogens is 1. The third kappa shape index (κ3) is 5.11. The van der Waals surface area contributed by atoms with Crippen molar-refractivity contribution in [1.29, 1.82) is 0 Å². The molecule has 0 aromatic carbocycles. The number of aromatic nitrogens is 1. The summed E-state index contributed by atoms with van der Waals surface area (Å²) in [4.78, 5) is 4.06. The monoisotopic (exact) mass is 275 g/mol. The highest BCUT2D eigenvalue weighted by molar-refractivity contribution is 9.10. The van der Waals surface area contributed by atoms with Crippen LogP contribution < -0.4 is 4.74 Å². The predicted octanol–water partition coefficient (Wildman–Crippen LogP) is 1.89. The number of methoxy groups -OCH3 is 1. The highest BCUT2D eigenvalue weighted by Gasteiger charge is 1.99. The summed E-state index contributed by atoms with van der Waals surface area (Å²) in [5, 5.41) is 0. The molecule has 0 saturated heterocycles. The molecular formula is C10H14BrNO3. The van der Waals surface area contributed by atoms with Gasteiger partial charge in [0.25, 0.3) is 0 Å². The minimum atomic E-state index is 0.485. The van der Waals surface area contributed by atoms with E-state index in [2.05, 4.69) is 20.9 Å². The first-order valence-corrected chi connectivity index (χ1v) is 5.44. The molecule has 0 aliphatic heterocycles. The van der Waals surface area contributed by atoms with E-state index in [1.54, 1.807) is 13.3 Å². The van der Waals surface area contributed by atoms with Crippen LogP contribution >= 0.6 is 15.9 Å². The lowest BCUT2D eigenvalue weighted by Crippen LogP contribution is -2.10. The second-order valence-electron chi connectivity index (χ2n) is 2.74. The lowest BCUT2D eigenvalue weighted by atomic mass is 10.5. The molecule has 0 N–H and O–H groups in total. The zero-order valence-electron chi connectivity index (χ0n) is 8.61. The molecular weight excluding hydrogens is 262 g/mol. The van der Waals surface area contributed by atoms with Crippen molar-refractivity contribution in [3.63, 3.8) is 0 Å². The molecule has 1 aromatic rings. The molecule has 0 unspecified atom stereocenters. The van der Waals surface area contributed by atoms with Crippen molar-refractivity contribution in [3.05, 3.63) is 22.8 Å². The van der Waals surface area contributed by atoms with Gasteiger partial charge in [0.2, 0.25) is 5.88 Å². The van der Waals surface area contributed by atoms with Crippen molar-refractivity contribution >= 4 is 15.9 Å².